The maximum absolute atomic E-state index is 13.0. The molecule has 0 spiro atoms. The summed E-state index contributed by atoms with van der Waals surface area (Å²) in [6.45, 7) is 4.41. The highest BCUT2D eigenvalue weighted by Gasteiger charge is 2.25. The summed E-state index contributed by atoms with van der Waals surface area (Å²) in [7, 11) is 0. The number of aryl methyl sites for hydroxylation is 1. The first kappa shape index (κ1) is 18.9. The summed E-state index contributed by atoms with van der Waals surface area (Å²) in [6, 6.07) is 13.7. The van der Waals surface area contributed by atoms with E-state index in [-0.39, 0.29) is 11.8 Å². The Morgan fingerprint density at radius 3 is 2.59 bits per heavy atom. The van der Waals surface area contributed by atoms with E-state index < -0.39 is 0 Å². The zero-order valence-corrected chi connectivity index (χ0v) is 16.1. The van der Waals surface area contributed by atoms with Crippen LogP contribution in [0.2, 0.25) is 0 Å². The quantitative estimate of drug-likeness (QED) is 0.735. The number of nitrogens with zero attached hydrogens (tertiary/aromatic N) is 6. The van der Waals surface area contributed by atoms with Crippen LogP contribution in [0, 0.1) is 5.82 Å². The summed E-state index contributed by atoms with van der Waals surface area (Å²) in [5.41, 5.74) is 2.70. The maximum atomic E-state index is 13.0. The molecule has 0 atom stereocenters. The van der Waals surface area contributed by atoms with Crippen molar-refractivity contribution in [1.29, 1.82) is 0 Å². The van der Waals surface area contributed by atoms with Crippen molar-refractivity contribution < 1.29 is 9.18 Å². The average molecular weight is 395 g/mol. The molecule has 8 nitrogen and oxygen atoms in total. The summed E-state index contributed by atoms with van der Waals surface area (Å²) in [4.78, 5) is 16.3. The van der Waals surface area contributed by atoms with Crippen molar-refractivity contribution in [2.45, 2.75) is 13.3 Å². The summed E-state index contributed by atoms with van der Waals surface area (Å²) in [6.07, 6.45) is 0.938. The number of hydrogen-bond donors (Lipinski definition) is 1. The molecule has 1 aromatic heterocycles. The van der Waals surface area contributed by atoms with Gasteiger partial charge in [-0.1, -0.05) is 24.2 Å². The van der Waals surface area contributed by atoms with Gasteiger partial charge in [0.1, 0.15) is 5.82 Å². The van der Waals surface area contributed by atoms with E-state index in [1.54, 1.807) is 21.7 Å². The number of benzene rings is 2. The van der Waals surface area contributed by atoms with Crippen LogP contribution >= 0.6 is 0 Å². The van der Waals surface area contributed by atoms with Crippen molar-refractivity contribution in [3.8, 4) is 5.69 Å². The first-order valence-corrected chi connectivity index (χ1v) is 9.58. The van der Waals surface area contributed by atoms with Gasteiger partial charge in [0.2, 0.25) is 5.95 Å². The smallest absolute Gasteiger partial charge is 0.321 e. The lowest BCUT2D eigenvalue weighted by Crippen LogP contribution is -2.50. The first-order chi connectivity index (χ1) is 14.1. The number of rotatable bonds is 4. The molecule has 1 N–H and O–H groups in total. The van der Waals surface area contributed by atoms with Crippen molar-refractivity contribution in [2.24, 2.45) is 0 Å². The van der Waals surface area contributed by atoms with Crippen LogP contribution in [0.5, 0.6) is 0 Å². The van der Waals surface area contributed by atoms with E-state index in [0.29, 0.717) is 37.8 Å². The van der Waals surface area contributed by atoms with Crippen molar-refractivity contribution in [1.82, 2.24) is 25.1 Å². The van der Waals surface area contributed by atoms with Gasteiger partial charge in [-0.2, -0.15) is 4.68 Å². The van der Waals surface area contributed by atoms with Gasteiger partial charge in [0, 0.05) is 31.9 Å². The van der Waals surface area contributed by atoms with Crippen LogP contribution in [0.4, 0.5) is 20.8 Å². The van der Waals surface area contributed by atoms with Crippen LogP contribution < -0.4 is 10.2 Å². The standard InChI is InChI=1S/C20H22FN7O/c1-2-15-4-3-5-18(14-15)28-19(23-24-25-28)26-10-12-27(13-11-26)20(29)22-17-8-6-16(21)7-9-17/h3-9,14H,2,10-13H2,1H3,(H,22,29). The molecular formula is C20H22FN7O. The Bertz CT molecular complexity index is 981. The molecule has 9 heteroatoms. The van der Waals surface area contributed by atoms with Crippen molar-refractivity contribution >= 4 is 17.7 Å². The van der Waals surface area contributed by atoms with E-state index in [4.69, 9.17) is 0 Å². The highest BCUT2D eigenvalue weighted by molar-refractivity contribution is 5.89. The fourth-order valence-electron chi connectivity index (χ4n) is 3.30. The number of hydrogen-bond acceptors (Lipinski definition) is 5. The molecule has 150 valence electrons. The van der Waals surface area contributed by atoms with E-state index in [0.717, 1.165) is 12.1 Å². The Balaban J connectivity index is 1.41. The van der Waals surface area contributed by atoms with Gasteiger partial charge in [0.25, 0.3) is 0 Å². The van der Waals surface area contributed by atoms with E-state index in [2.05, 4.69) is 44.8 Å². The SMILES string of the molecule is CCc1cccc(-n2nnnc2N2CCN(C(=O)Nc3ccc(F)cc3)CC2)c1. The monoisotopic (exact) mass is 395 g/mol. The van der Waals surface area contributed by atoms with E-state index in [1.165, 1.54) is 17.7 Å². The fraction of sp³-hybridized carbons (Fsp3) is 0.300. The molecular weight excluding hydrogens is 373 g/mol. The zero-order chi connectivity index (χ0) is 20.2. The number of urea groups is 1. The number of halogens is 1. The first-order valence-electron chi connectivity index (χ1n) is 9.58. The van der Waals surface area contributed by atoms with Gasteiger partial charge in [-0.05, 0) is 58.8 Å². The van der Waals surface area contributed by atoms with Gasteiger partial charge in [-0.25, -0.2) is 9.18 Å². The van der Waals surface area contributed by atoms with Gasteiger partial charge >= 0.3 is 6.03 Å². The maximum Gasteiger partial charge on any atom is 0.321 e. The number of amides is 2. The van der Waals surface area contributed by atoms with Crippen LogP contribution in [-0.2, 0) is 6.42 Å². The van der Waals surface area contributed by atoms with E-state index >= 15 is 0 Å². The molecule has 0 saturated carbocycles. The van der Waals surface area contributed by atoms with Gasteiger partial charge in [-0.15, -0.1) is 0 Å². The number of carbonyl (C=O) groups is 1. The molecule has 4 rings (SSSR count). The predicted octanol–water partition coefficient (Wildman–Crippen LogP) is 2.72. The van der Waals surface area contributed by atoms with Crippen molar-refractivity contribution in [2.75, 3.05) is 36.4 Å². The second kappa shape index (κ2) is 8.26. The Hall–Kier alpha value is -3.49. The topological polar surface area (TPSA) is 79.2 Å². The molecule has 0 unspecified atom stereocenters. The summed E-state index contributed by atoms with van der Waals surface area (Å²) in [5.74, 6) is 0.329. The van der Waals surface area contributed by atoms with Crippen LogP contribution in [0.15, 0.2) is 48.5 Å². The molecule has 1 saturated heterocycles. The van der Waals surface area contributed by atoms with Gasteiger partial charge in [0.15, 0.2) is 0 Å². The van der Waals surface area contributed by atoms with Gasteiger partial charge in [-0.3, -0.25) is 0 Å². The Labute approximate surface area is 167 Å². The number of nitrogens with one attached hydrogen (secondary N) is 1. The molecule has 1 aliphatic rings. The van der Waals surface area contributed by atoms with Crippen molar-refractivity contribution in [3.05, 3.63) is 59.9 Å². The molecule has 2 amide bonds. The minimum absolute atomic E-state index is 0.202. The molecule has 29 heavy (non-hydrogen) atoms. The predicted molar refractivity (Wildman–Crippen MR) is 108 cm³/mol. The third kappa shape index (κ3) is 4.18. The number of aromatic nitrogens is 4. The molecule has 2 aromatic carbocycles. The lowest BCUT2D eigenvalue weighted by atomic mass is 10.1. The molecule has 0 bridgehead atoms. The lowest BCUT2D eigenvalue weighted by molar-refractivity contribution is 0.208. The highest BCUT2D eigenvalue weighted by Crippen LogP contribution is 2.19. The zero-order valence-electron chi connectivity index (χ0n) is 16.1. The highest BCUT2D eigenvalue weighted by atomic mass is 19.1. The molecule has 2 heterocycles. The summed E-state index contributed by atoms with van der Waals surface area (Å²) >= 11 is 0. The summed E-state index contributed by atoms with van der Waals surface area (Å²) in [5, 5.41) is 15.0. The second-order valence-corrected chi connectivity index (χ2v) is 6.83. The number of tetrazole rings is 1. The van der Waals surface area contributed by atoms with E-state index in [1.807, 2.05) is 12.1 Å². The normalized spacial score (nSPS) is 14.1. The van der Waals surface area contributed by atoms with Crippen LogP contribution in [-0.4, -0.2) is 57.3 Å². The van der Waals surface area contributed by atoms with Gasteiger partial charge in [0.05, 0.1) is 5.69 Å². The molecule has 1 aliphatic heterocycles. The number of anilines is 2. The van der Waals surface area contributed by atoms with Crippen LogP contribution in [0.25, 0.3) is 5.69 Å². The van der Waals surface area contributed by atoms with Gasteiger partial charge < -0.3 is 15.1 Å². The Morgan fingerprint density at radius 1 is 1.10 bits per heavy atom. The Kier molecular flexibility index (Phi) is 5.37. The van der Waals surface area contributed by atoms with E-state index in [9.17, 15) is 9.18 Å². The van der Waals surface area contributed by atoms with Crippen LogP contribution in [0.1, 0.15) is 12.5 Å². The minimum atomic E-state index is -0.334. The second-order valence-electron chi connectivity index (χ2n) is 6.83. The van der Waals surface area contributed by atoms with Crippen LogP contribution in [0.3, 0.4) is 0 Å². The third-order valence-corrected chi connectivity index (χ3v) is 4.96. The number of carbonyl (C=O) groups excluding carboxylic acids is 1. The molecule has 3 aromatic rings. The van der Waals surface area contributed by atoms with Crippen molar-refractivity contribution in [3.63, 3.8) is 0 Å². The third-order valence-electron chi connectivity index (χ3n) is 4.96. The lowest BCUT2D eigenvalue weighted by Gasteiger charge is -2.34. The molecule has 1 fully saturated rings. The molecule has 0 radical (unpaired) electrons. The summed E-state index contributed by atoms with van der Waals surface area (Å²) < 4.78 is 14.7. The average Bonchev–Trinajstić information content (AvgIpc) is 3.25. The minimum Gasteiger partial charge on any atom is -0.336 e. The largest absolute Gasteiger partial charge is 0.336 e. The number of piperazine rings is 1. The Morgan fingerprint density at radius 2 is 1.86 bits per heavy atom. The fourth-order valence-corrected chi connectivity index (χ4v) is 3.30. The molecule has 0 aliphatic carbocycles.